The van der Waals surface area contributed by atoms with Gasteiger partial charge in [-0.05, 0) is 24.0 Å². The lowest BCUT2D eigenvalue weighted by molar-refractivity contribution is -0.136. The van der Waals surface area contributed by atoms with Gasteiger partial charge in [0.1, 0.15) is 0 Å². The summed E-state index contributed by atoms with van der Waals surface area (Å²) >= 11 is 0. The zero-order chi connectivity index (χ0) is 12.8. The predicted molar refractivity (Wildman–Crippen MR) is 68.5 cm³/mol. The highest BCUT2D eigenvalue weighted by Gasteiger charge is 2.12. The van der Waals surface area contributed by atoms with E-state index in [9.17, 15) is 4.79 Å². The Kier molecular flexibility index (Phi) is 4.73. The molecule has 1 fully saturated rings. The summed E-state index contributed by atoms with van der Waals surface area (Å²) in [6.45, 7) is 2.47. The van der Waals surface area contributed by atoms with Crippen LogP contribution in [0, 0.1) is 0 Å². The first kappa shape index (κ1) is 13.1. The third-order valence-electron chi connectivity index (χ3n) is 3.13. The highest BCUT2D eigenvalue weighted by Crippen LogP contribution is 2.09. The van der Waals surface area contributed by atoms with Gasteiger partial charge in [-0.1, -0.05) is 24.3 Å². The Bertz CT molecular complexity index is 383. The van der Waals surface area contributed by atoms with Crippen LogP contribution in [0.3, 0.4) is 0 Å². The molecule has 2 N–H and O–H groups in total. The SMILES string of the molecule is O=C(O)Cc1ccc(CNC2CCCOC2)cc1. The molecule has 0 amide bonds. The summed E-state index contributed by atoms with van der Waals surface area (Å²) < 4.78 is 5.41. The Morgan fingerprint density at radius 3 is 2.67 bits per heavy atom. The molecule has 1 aromatic rings. The predicted octanol–water partition coefficient (Wildman–Crippen LogP) is 1.58. The lowest BCUT2D eigenvalue weighted by atomic mass is 10.1. The van der Waals surface area contributed by atoms with Crippen LogP contribution in [0.15, 0.2) is 24.3 Å². The molecule has 1 heterocycles. The number of ether oxygens (including phenoxy) is 1. The monoisotopic (exact) mass is 249 g/mol. The molecule has 1 unspecified atom stereocenters. The number of hydrogen-bond acceptors (Lipinski definition) is 3. The zero-order valence-corrected chi connectivity index (χ0v) is 10.4. The summed E-state index contributed by atoms with van der Waals surface area (Å²) in [5.74, 6) is -0.791. The average molecular weight is 249 g/mol. The molecule has 1 aliphatic rings. The minimum atomic E-state index is -0.791. The lowest BCUT2D eigenvalue weighted by Gasteiger charge is -2.23. The Morgan fingerprint density at radius 2 is 2.06 bits per heavy atom. The molecule has 0 aliphatic carbocycles. The van der Waals surface area contributed by atoms with Crippen molar-refractivity contribution in [3.05, 3.63) is 35.4 Å². The van der Waals surface area contributed by atoms with Crippen molar-refractivity contribution in [2.45, 2.75) is 31.8 Å². The first-order valence-corrected chi connectivity index (χ1v) is 6.35. The van der Waals surface area contributed by atoms with E-state index in [1.165, 1.54) is 5.56 Å². The van der Waals surface area contributed by atoms with Crippen LogP contribution in [0.1, 0.15) is 24.0 Å². The van der Waals surface area contributed by atoms with Gasteiger partial charge in [-0.15, -0.1) is 0 Å². The maximum atomic E-state index is 10.6. The minimum absolute atomic E-state index is 0.0875. The highest BCUT2D eigenvalue weighted by atomic mass is 16.5. The van der Waals surface area contributed by atoms with E-state index in [4.69, 9.17) is 9.84 Å². The van der Waals surface area contributed by atoms with E-state index in [0.717, 1.165) is 38.2 Å². The molecule has 1 saturated heterocycles. The molecule has 0 bridgehead atoms. The van der Waals surface area contributed by atoms with Gasteiger partial charge < -0.3 is 15.2 Å². The molecule has 0 spiro atoms. The van der Waals surface area contributed by atoms with Crippen molar-refractivity contribution in [1.82, 2.24) is 5.32 Å². The van der Waals surface area contributed by atoms with E-state index in [1.54, 1.807) is 0 Å². The highest BCUT2D eigenvalue weighted by molar-refractivity contribution is 5.70. The molecule has 0 aromatic heterocycles. The van der Waals surface area contributed by atoms with Crippen LogP contribution in [0.25, 0.3) is 0 Å². The van der Waals surface area contributed by atoms with E-state index in [2.05, 4.69) is 5.32 Å². The summed E-state index contributed by atoms with van der Waals surface area (Å²) in [5, 5.41) is 12.1. The first-order chi connectivity index (χ1) is 8.74. The summed E-state index contributed by atoms with van der Waals surface area (Å²) in [6, 6.07) is 8.16. The van der Waals surface area contributed by atoms with Gasteiger partial charge in [-0.25, -0.2) is 0 Å². The summed E-state index contributed by atoms with van der Waals surface area (Å²) in [5.41, 5.74) is 2.02. The van der Waals surface area contributed by atoms with Crippen LogP contribution in [-0.4, -0.2) is 30.3 Å². The van der Waals surface area contributed by atoms with Gasteiger partial charge in [0.15, 0.2) is 0 Å². The van der Waals surface area contributed by atoms with Crippen LogP contribution in [0.2, 0.25) is 0 Å². The number of benzene rings is 1. The van der Waals surface area contributed by atoms with Gasteiger partial charge in [0, 0.05) is 19.2 Å². The standard InChI is InChI=1S/C14H19NO3/c16-14(17)8-11-3-5-12(6-4-11)9-15-13-2-1-7-18-10-13/h3-6,13,15H,1-2,7-10H2,(H,16,17). The fourth-order valence-corrected chi connectivity index (χ4v) is 2.11. The van der Waals surface area contributed by atoms with Gasteiger partial charge in [0.05, 0.1) is 13.0 Å². The second-order valence-corrected chi connectivity index (χ2v) is 4.68. The number of nitrogens with one attached hydrogen (secondary N) is 1. The molecule has 0 saturated carbocycles. The smallest absolute Gasteiger partial charge is 0.307 e. The number of carbonyl (C=O) groups is 1. The van der Waals surface area contributed by atoms with Crippen molar-refractivity contribution in [2.24, 2.45) is 0 Å². The molecule has 98 valence electrons. The molecule has 0 radical (unpaired) electrons. The topological polar surface area (TPSA) is 58.6 Å². The van der Waals surface area contributed by atoms with E-state index in [1.807, 2.05) is 24.3 Å². The number of aliphatic carboxylic acids is 1. The number of hydrogen-bond donors (Lipinski definition) is 2. The van der Waals surface area contributed by atoms with E-state index < -0.39 is 5.97 Å². The molecule has 1 atom stereocenters. The number of rotatable bonds is 5. The van der Waals surface area contributed by atoms with Crippen molar-refractivity contribution in [3.63, 3.8) is 0 Å². The van der Waals surface area contributed by atoms with E-state index >= 15 is 0 Å². The van der Waals surface area contributed by atoms with Crippen molar-refractivity contribution in [2.75, 3.05) is 13.2 Å². The Balaban J connectivity index is 1.80. The zero-order valence-electron chi connectivity index (χ0n) is 10.4. The number of carboxylic acids is 1. The van der Waals surface area contributed by atoms with Crippen molar-refractivity contribution < 1.29 is 14.6 Å². The third kappa shape index (κ3) is 4.13. The normalized spacial score (nSPS) is 19.7. The fraction of sp³-hybridized carbons (Fsp3) is 0.500. The first-order valence-electron chi connectivity index (χ1n) is 6.35. The fourth-order valence-electron chi connectivity index (χ4n) is 2.11. The summed E-state index contributed by atoms with van der Waals surface area (Å²) in [7, 11) is 0. The Morgan fingerprint density at radius 1 is 1.33 bits per heavy atom. The molecule has 2 rings (SSSR count). The molecular formula is C14H19NO3. The van der Waals surface area contributed by atoms with Crippen LogP contribution >= 0.6 is 0 Å². The molecule has 4 heteroatoms. The van der Waals surface area contributed by atoms with Crippen LogP contribution in [-0.2, 0) is 22.5 Å². The van der Waals surface area contributed by atoms with Crippen LogP contribution in [0.4, 0.5) is 0 Å². The largest absolute Gasteiger partial charge is 0.481 e. The summed E-state index contributed by atoms with van der Waals surface area (Å²) in [6.07, 6.45) is 2.37. The van der Waals surface area contributed by atoms with Gasteiger partial charge in [-0.2, -0.15) is 0 Å². The lowest BCUT2D eigenvalue weighted by Crippen LogP contribution is -2.36. The van der Waals surface area contributed by atoms with Crippen molar-refractivity contribution >= 4 is 5.97 Å². The van der Waals surface area contributed by atoms with Gasteiger partial charge in [-0.3, -0.25) is 4.79 Å². The Labute approximate surface area is 107 Å². The van der Waals surface area contributed by atoms with Crippen LogP contribution in [0.5, 0.6) is 0 Å². The average Bonchev–Trinajstić information content (AvgIpc) is 2.38. The molecule has 1 aromatic carbocycles. The van der Waals surface area contributed by atoms with Crippen LogP contribution < -0.4 is 5.32 Å². The second kappa shape index (κ2) is 6.52. The van der Waals surface area contributed by atoms with Crippen molar-refractivity contribution in [3.8, 4) is 0 Å². The van der Waals surface area contributed by atoms with Gasteiger partial charge in [0.25, 0.3) is 0 Å². The second-order valence-electron chi connectivity index (χ2n) is 4.68. The van der Waals surface area contributed by atoms with Crippen molar-refractivity contribution in [1.29, 1.82) is 0 Å². The van der Waals surface area contributed by atoms with E-state index in [0.29, 0.717) is 6.04 Å². The molecule has 4 nitrogen and oxygen atoms in total. The molecular weight excluding hydrogens is 230 g/mol. The third-order valence-corrected chi connectivity index (χ3v) is 3.13. The molecule has 1 aliphatic heterocycles. The summed E-state index contributed by atoms with van der Waals surface area (Å²) in [4.78, 5) is 10.6. The maximum absolute atomic E-state index is 10.6. The van der Waals surface area contributed by atoms with Gasteiger partial charge >= 0.3 is 5.97 Å². The maximum Gasteiger partial charge on any atom is 0.307 e. The van der Waals surface area contributed by atoms with Gasteiger partial charge in [0.2, 0.25) is 0 Å². The van der Waals surface area contributed by atoms with E-state index in [-0.39, 0.29) is 6.42 Å². The molecule has 18 heavy (non-hydrogen) atoms. The quantitative estimate of drug-likeness (QED) is 0.832. The number of carboxylic acid groups (broad SMARTS) is 1. The minimum Gasteiger partial charge on any atom is -0.481 e. The Hall–Kier alpha value is -1.39.